The van der Waals surface area contributed by atoms with Crippen LogP contribution in [0.4, 0.5) is 0 Å². The van der Waals surface area contributed by atoms with Crippen LogP contribution in [0.5, 0.6) is 0 Å². The Morgan fingerprint density at radius 1 is 0.200 bits per heavy atom. The van der Waals surface area contributed by atoms with Gasteiger partial charge >= 0.3 is 0 Å². The summed E-state index contributed by atoms with van der Waals surface area (Å²) < 4.78 is 9.00. The average Bonchev–Trinajstić information content (AvgIpc) is 3.43. The quantitative estimate of drug-likeness (QED) is 0.0402. The zero-order valence-corrected chi connectivity index (χ0v) is 53.5. The molecule has 418 valence electrons. The van der Waals surface area contributed by atoms with Gasteiger partial charge in [-0.15, -0.1) is 0 Å². The zero-order valence-electron chi connectivity index (χ0n) is 51.5. The molecule has 4 aromatic carbocycles. The molecule has 0 aliphatic heterocycles. The summed E-state index contributed by atoms with van der Waals surface area (Å²) in [5, 5.41) is 6.41. The lowest BCUT2D eigenvalue weighted by Gasteiger charge is -2.32. The van der Waals surface area contributed by atoms with E-state index in [1.807, 2.05) is 0 Å². The normalized spacial score (nSPS) is 11.8. The minimum atomic E-state index is -1.81. The van der Waals surface area contributed by atoms with Crippen molar-refractivity contribution in [3.8, 4) is 0 Å². The molecule has 0 aromatic heterocycles. The Bertz CT molecular complexity index is 1880. The Hall–Kier alpha value is -2.73. The third-order valence-corrected chi connectivity index (χ3v) is 21.9. The van der Waals surface area contributed by atoms with Crippen LogP contribution in [0.1, 0.15) is 304 Å². The Morgan fingerprint density at radius 2 is 0.333 bits per heavy atom. The van der Waals surface area contributed by atoms with Crippen molar-refractivity contribution in [3.05, 3.63) is 115 Å². The predicted octanol–water partition coefficient (Wildman–Crippen LogP) is 18.7. The molecule has 0 unspecified atom stereocenters. The average molecular weight is 1050 g/mol. The highest BCUT2D eigenvalue weighted by atomic mass is 28.4. The third-order valence-electron chi connectivity index (χ3n) is 16.5. The fraction of sp³-hybridized carbons (Fsp3) is 0.667. The molecule has 4 rings (SSSR count). The van der Waals surface area contributed by atoms with Crippen molar-refractivity contribution in [1.29, 1.82) is 0 Å². The molecule has 75 heavy (non-hydrogen) atoms. The van der Waals surface area contributed by atoms with Crippen molar-refractivity contribution in [1.82, 2.24) is 0 Å². The lowest BCUT2D eigenvalue weighted by Crippen LogP contribution is -2.59. The maximum atomic E-state index is 9.00. The second kappa shape index (κ2) is 38.0. The Labute approximate surface area is 469 Å². The van der Waals surface area contributed by atoms with Crippen LogP contribution in [0.15, 0.2) is 48.5 Å². The van der Waals surface area contributed by atoms with Crippen LogP contribution in [0.2, 0.25) is 0 Å². The van der Waals surface area contributed by atoms with Gasteiger partial charge in [0.15, 0.2) is 0 Å². The third kappa shape index (κ3) is 20.5. The molecule has 1 nitrogen and oxygen atoms in total. The van der Waals surface area contributed by atoms with Crippen LogP contribution in [0, 0.1) is 0 Å². The van der Waals surface area contributed by atoms with Gasteiger partial charge < -0.3 is 4.12 Å². The molecular formula is C72H116OSi2. The molecule has 4 aromatic rings. The van der Waals surface area contributed by atoms with E-state index < -0.39 is 18.1 Å². The van der Waals surface area contributed by atoms with Crippen molar-refractivity contribution in [2.75, 3.05) is 0 Å². The Kier molecular flexibility index (Phi) is 32.8. The number of unbranched alkanes of at least 4 members (excludes halogenated alkanes) is 12. The summed E-state index contributed by atoms with van der Waals surface area (Å²) in [6, 6.07) is 22.3. The van der Waals surface area contributed by atoms with E-state index in [-0.39, 0.29) is 0 Å². The highest BCUT2D eigenvalue weighted by molar-refractivity contribution is 6.92. The van der Waals surface area contributed by atoms with Gasteiger partial charge in [-0.3, -0.25) is 0 Å². The smallest absolute Gasteiger partial charge is 0.273 e. The van der Waals surface area contributed by atoms with Gasteiger partial charge in [0.1, 0.15) is 0 Å². The maximum Gasteiger partial charge on any atom is 0.273 e. The highest BCUT2D eigenvalue weighted by Crippen LogP contribution is 2.26. The van der Waals surface area contributed by atoms with Gasteiger partial charge in [-0.1, -0.05) is 209 Å². The van der Waals surface area contributed by atoms with E-state index in [0.717, 1.165) is 25.7 Å². The van der Waals surface area contributed by atoms with Gasteiger partial charge in [0, 0.05) is 0 Å². The molecule has 0 saturated heterocycles. The van der Waals surface area contributed by atoms with Crippen LogP contribution in [-0.2, 0) is 81.2 Å². The molecule has 0 amide bonds. The minimum Gasteiger partial charge on any atom is -0.442 e. The van der Waals surface area contributed by atoms with Crippen LogP contribution in [0.3, 0.4) is 0 Å². The molecule has 0 fully saturated rings. The fourth-order valence-electron chi connectivity index (χ4n) is 11.5. The standard InChI is InChI=1S/C72H116OSi2/c1-13-25-37-57-49-65(45-33-21-9)69(53-61(57)41-29-17-5)74(70-54-62(42-30-18-6)58(38-26-14-2)50-66(70)46-34-22-10)73-75(71-55-63(43-31-19-7)59(39-27-15-3)51-67(71)47-35-23-11)72-56-64(44-32-20-8)60(40-28-16-4)52-68(72)48-36-24-12/h49-56H,13-48H2,1-12H3. The Balaban J connectivity index is 2.37. The van der Waals surface area contributed by atoms with Gasteiger partial charge in [-0.05, 0) is 242 Å². The summed E-state index contributed by atoms with van der Waals surface area (Å²) in [6.07, 6.45) is 43.7. The van der Waals surface area contributed by atoms with E-state index in [1.165, 1.54) is 205 Å². The summed E-state index contributed by atoms with van der Waals surface area (Å²) in [5.41, 5.74) is 19.5. The van der Waals surface area contributed by atoms with Gasteiger partial charge in [-0.2, -0.15) is 0 Å². The van der Waals surface area contributed by atoms with Crippen molar-refractivity contribution >= 4 is 38.8 Å². The molecule has 0 bridgehead atoms. The monoisotopic (exact) mass is 1050 g/mol. The number of aryl methyl sites for hydroxylation is 12. The topological polar surface area (TPSA) is 9.23 Å². The van der Waals surface area contributed by atoms with Gasteiger partial charge in [0.05, 0.1) is 0 Å². The summed E-state index contributed by atoms with van der Waals surface area (Å²) >= 11 is 0. The molecule has 0 N–H and O–H groups in total. The first-order valence-electron chi connectivity index (χ1n) is 32.8. The second-order valence-corrected chi connectivity index (χ2v) is 27.4. The van der Waals surface area contributed by atoms with Crippen molar-refractivity contribution in [3.63, 3.8) is 0 Å². The van der Waals surface area contributed by atoms with Crippen LogP contribution in [0.25, 0.3) is 0 Å². The van der Waals surface area contributed by atoms with Crippen molar-refractivity contribution < 1.29 is 4.12 Å². The van der Waals surface area contributed by atoms with Gasteiger partial charge in [0.2, 0.25) is 0 Å². The molecule has 0 heterocycles. The molecule has 0 spiro atoms. The van der Waals surface area contributed by atoms with E-state index in [9.17, 15) is 0 Å². The van der Waals surface area contributed by atoms with Crippen molar-refractivity contribution in [2.45, 2.75) is 314 Å². The van der Waals surface area contributed by atoms with E-state index in [4.69, 9.17) is 4.12 Å². The molecule has 0 atom stereocenters. The van der Waals surface area contributed by atoms with Crippen LogP contribution >= 0.6 is 0 Å². The van der Waals surface area contributed by atoms with Crippen molar-refractivity contribution in [2.24, 2.45) is 0 Å². The number of rotatable bonds is 42. The highest BCUT2D eigenvalue weighted by Gasteiger charge is 2.36. The first kappa shape index (κ1) is 64.8. The van der Waals surface area contributed by atoms with E-state index in [1.54, 1.807) is 87.5 Å². The second-order valence-electron chi connectivity index (χ2n) is 23.1. The van der Waals surface area contributed by atoms with Gasteiger partial charge in [0.25, 0.3) is 18.1 Å². The summed E-state index contributed by atoms with van der Waals surface area (Å²) in [6.45, 7) is 28.7. The molecule has 2 radical (unpaired) electrons. The largest absolute Gasteiger partial charge is 0.442 e. The summed E-state index contributed by atoms with van der Waals surface area (Å²) in [7, 11) is -3.62. The zero-order chi connectivity index (χ0) is 54.2. The molecule has 3 heteroatoms. The predicted molar refractivity (Wildman–Crippen MR) is 340 cm³/mol. The fourth-order valence-corrected chi connectivity index (χ4v) is 17.8. The summed E-state index contributed by atoms with van der Waals surface area (Å²) in [5.74, 6) is 0. The molecular weight excluding hydrogens is 937 g/mol. The number of hydrogen-bond donors (Lipinski definition) is 0. The van der Waals surface area contributed by atoms with Gasteiger partial charge in [-0.25, -0.2) is 0 Å². The first-order valence-corrected chi connectivity index (χ1v) is 35.6. The lowest BCUT2D eigenvalue weighted by atomic mass is 9.94. The number of benzene rings is 4. The molecule has 0 aliphatic rings. The first-order chi connectivity index (χ1) is 36.7. The Morgan fingerprint density at radius 3 is 0.480 bits per heavy atom. The van der Waals surface area contributed by atoms with E-state index in [0.29, 0.717) is 0 Å². The minimum absolute atomic E-state index is 1.14. The van der Waals surface area contributed by atoms with E-state index >= 15 is 0 Å². The molecule has 0 aliphatic carbocycles. The SMILES string of the molecule is CCCCc1cc(CCCC)c([Si](O[Si](c2cc(CCCC)c(CCCC)cc2CCCC)c2cc(CCCC)c(CCCC)cc2CCCC)c2cc(CCCC)c(CCCC)cc2CCCC)cc1CCCC. The lowest BCUT2D eigenvalue weighted by molar-refractivity contribution is 0.628. The summed E-state index contributed by atoms with van der Waals surface area (Å²) in [4.78, 5) is 0. The van der Waals surface area contributed by atoms with Crippen LogP contribution in [-0.4, -0.2) is 18.1 Å². The van der Waals surface area contributed by atoms with Crippen LogP contribution < -0.4 is 20.7 Å². The number of hydrogen-bond acceptors (Lipinski definition) is 1. The van der Waals surface area contributed by atoms with E-state index in [2.05, 4.69) is 132 Å². The molecule has 0 saturated carbocycles. The maximum absolute atomic E-state index is 9.00.